The minimum atomic E-state index is -1.01. The zero-order valence-electron chi connectivity index (χ0n) is 10.1. The average molecular weight is 246 g/mol. The molecule has 1 fully saturated rings. The van der Waals surface area contributed by atoms with Crippen molar-refractivity contribution >= 4 is 11.9 Å². The van der Waals surface area contributed by atoms with Gasteiger partial charge in [-0.25, -0.2) is 4.79 Å². The first kappa shape index (κ1) is 11.1. The van der Waals surface area contributed by atoms with Gasteiger partial charge in [0.1, 0.15) is 12.4 Å². The summed E-state index contributed by atoms with van der Waals surface area (Å²) in [6, 6.07) is 7.00. The number of hydrogen-bond acceptors (Lipinski definition) is 3. The van der Waals surface area contributed by atoms with Gasteiger partial charge in [0.05, 0.1) is 0 Å². The number of amides is 3. The van der Waals surface area contributed by atoms with E-state index >= 15 is 0 Å². The van der Waals surface area contributed by atoms with E-state index in [4.69, 9.17) is 4.74 Å². The normalized spacial score (nSPS) is 25.3. The maximum atomic E-state index is 12.5. The molecular formula is C13H14N2O3. The number of para-hydroxylation sites is 1. The summed E-state index contributed by atoms with van der Waals surface area (Å²) in [6.45, 7) is 2.55. The molecule has 2 aliphatic heterocycles. The molecule has 0 aromatic heterocycles. The molecule has 0 radical (unpaired) electrons. The first-order chi connectivity index (χ1) is 8.69. The second kappa shape index (κ2) is 3.73. The van der Waals surface area contributed by atoms with Gasteiger partial charge in [0, 0.05) is 12.1 Å². The second-order valence-electron chi connectivity index (χ2n) is 4.58. The molecule has 0 aliphatic carbocycles. The third kappa shape index (κ3) is 1.27. The lowest BCUT2D eigenvalue weighted by atomic mass is 9.92. The second-order valence-corrected chi connectivity index (χ2v) is 4.58. The molecule has 1 aromatic rings. The Morgan fingerprint density at radius 2 is 2.17 bits per heavy atom. The summed E-state index contributed by atoms with van der Waals surface area (Å²) >= 11 is 0. The summed E-state index contributed by atoms with van der Waals surface area (Å²) in [5.41, 5.74) is -0.259. The van der Waals surface area contributed by atoms with Crippen LogP contribution in [0, 0.1) is 0 Å². The molecule has 2 aliphatic rings. The highest BCUT2D eigenvalue weighted by molar-refractivity contribution is 6.08. The van der Waals surface area contributed by atoms with Crippen molar-refractivity contribution in [3.63, 3.8) is 0 Å². The lowest BCUT2D eigenvalue weighted by molar-refractivity contribution is -0.132. The van der Waals surface area contributed by atoms with Crippen molar-refractivity contribution in [3.8, 4) is 5.75 Å². The van der Waals surface area contributed by atoms with Crippen LogP contribution in [-0.2, 0) is 10.3 Å². The molecule has 18 heavy (non-hydrogen) atoms. The number of nitrogens with zero attached hydrogens (tertiary/aromatic N) is 1. The van der Waals surface area contributed by atoms with E-state index in [1.165, 1.54) is 4.90 Å². The lowest BCUT2D eigenvalue weighted by Crippen LogP contribution is -2.45. The van der Waals surface area contributed by atoms with E-state index in [1.54, 1.807) is 0 Å². The molecule has 1 N–H and O–H groups in total. The summed E-state index contributed by atoms with van der Waals surface area (Å²) in [4.78, 5) is 25.6. The Kier molecular flexibility index (Phi) is 2.29. The van der Waals surface area contributed by atoms with Crippen molar-refractivity contribution < 1.29 is 14.3 Å². The average Bonchev–Trinajstić information content (AvgIpc) is 2.86. The van der Waals surface area contributed by atoms with E-state index in [1.807, 2.05) is 31.2 Å². The fraction of sp³-hybridized carbons (Fsp3) is 0.385. The van der Waals surface area contributed by atoms with Crippen LogP contribution < -0.4 is 10.1 Å². The Bertz CT molecular complexity index is 529. The van der Waals surface area contributed by atoms with E-state index in [0.717, 1.165) is 12.0 Å². The van der Waals surface area contributed by atoms with Crippen LogP contribution in [0.3, 0.4) is 0 Å². The van der Waals surface area contributed by atoms with Gasteiger partial charge in [0.15, 0.2) is 5.54 Å². The summed E-state index contributed by atoms with van der Waals surface area (Å²) < 4.78 is 5.52. The minimum Gasteiger partial charge on any atom is -0.490 e. The Hall–Kier alpha value is -2.04. The number of benzene rings is 1. The van der Waals surface area contributed by atoms with E-state index in [0.29, 0.717) is 12.3 Å². The van der Waals surface area contributed by atoms with Gasteiger partial charge in [0.2, 0.25) is 0 Å². The number of fused-ring (bicyclic) bond motifs is 2. The monoisotopic (exact) mass is 246 g/mol. The van der Waals surface area contributed by atoms with Gasteiger partial charge in [-0.3, -0.25) is 9.69 Å². The molecule has 0 saturated carbocycles. The van der Waals surface area contributed by atoms with Crippen LogP contribution in [0.1, 0.15) is 18.9 Å². The zero-order chi connectivity index (χ0) is 12.8. The van der Waals surface area contributed by atoms with Crippen molar-refractivity contribution in [2.75, 3.05) is 13.2 Å². The lowest BCUT2D eigenvalue weighted by Gasteiger charge is -2.19. The van der Waals surface area contributed by atoms with Gasteiger partial charge in [-0.2, -0.15) is 0 Å². The summed E-state index contributed by atoms with van der Waals surface area (Å²) in [5.74, 6) is 0.462. The fourth-order valence-electron chi connectivity index (χ4n) is 2.54. The van der Waals surface area contributed by atoms with Gasteiger partial charge in [-0.05, 0) is 12.5 Å². The number of rotatable bonds is 2. The Labute approximate surface area is 105 Å². The van der Waals surface area contributed by atoms with Gasteiger partial charge >= 0.3 is 6.03 Å². The van der Waals surface area contributed by atoms with Crippen LogP contribution in [0.25, 0.3) is 0 Å². The van der Waals surface area contributed by atoms with Crippen molar-refractivity contribution in [2.45, 2.75) is 18.9 Å². The van der Waals surface area contributed by atoms with Gasteiger partial charge in [0.25, 0.3) is 5.91 Å². The van der Waals surface area contributed by atoms with E-state index < -0.39 is 5.54 Å². The predicted octanol–water partition coefficient (Wildman–Crippen LogP) is 1.24. The van der Waals surface area contributed by atoms with Crippen LogP contribution in [0.15, 0.2) is 24.3 Å². The third-order valence-electron chi connectivity index (χ3n) is 3.41. The van der Waals surface area contributed by atoms with Crippen molar-refractivity contribution in [3.05, 3.63) is 29.8 Å². The minimum absolute atomic E-state index is 0.178. The number of nitrogens with one attached hydrogen (secondary N) is 1. The van der Waals surface area contributed by atoms with Crippen molar-refractivity contribution in [2.24, 2.45) is 0 Å². The molecule has 3 amide bonds. The van der Waals surface area contributed by atoms with Crippen LogP contribution in [0.2, 0.25) is 0 Å². The maximum Gasteiger partial charge on any atom is 0.325 e. The van der Waals surface area contributed by atoms with Crippen LogP contribution in [-0.4, -0.2) is 30.0 Å². The Morgan fingerprint density at radius 3 is 2.94 bits per heavy atom. The molecule has 5 heteroatoms. The highest BCUT2D eigenvalue weighted by Crippen LogP contribution is 2.40. The Balaban J connectivity index is 2.04. The molecule has 5 nitrogen and oxygen atoms in total. The number of carbonyl (C=O) groups is 2. The first-order valence-electron chi connectivity index (χ1n) is 6.05. The molecule has 1 spiro atoms. The van der Waals surface area contributed by atoms with Crippen LogP contribution in [0.4, 0.5) is 4.79 Å². The molecule has 3 rings (SSSR count). The summed E-state index contributed by atoms with van der Waals surface area (Å²) in [5, 5.41) is 2.78. The number of imide groups is 1. The molecule has 1 atom stereocenters. The number of hydrogen-bond donors (Lipinski definition) is 1. The quantitative estimate of drug-likeness (QED) is 0.799. The first-order valence-corrected chi connectivity index (χ1v) is 6.05. The van der Waals surface area contributed by atoms with E-state index in [-0.39, 0.29) is 18.5 Å². The highest BCUT2D eigenvalue weighted by Gasteiger charge is 2.56. The van der Waals surface area contributed by atoms with Gasteiger partial charge in [-0.1, -0.05) is 25.1 Å². The topological polar surface area (TPSA) is 58.6 Å². The molecular weight excluding hydrogens is 232 g/mol. The van der Waals surface area contributed by atoms with Crippen LogP contribution >= 0.6 is 0 Å². The van der Waals surface area contributed by atoms with Gasteiger partial charge in [-0.15, -0.1) is 0 Å². The highest BCUT2D eigenvalue weighted by atomic mass is 16.5. The smallest absolute Gasteiger partial charge is 0.325 e. The summed E-state index contributed by atoms with van der Waals surface area (Å²) in [6.07, 6.45) is 0.748. The Morgan fingerprint density at radius 1 is 1.39 bits per heavy atom. The standard InChI is InChI=1S/C13H14N2O3/c1-2-7-15-11(16)13(14-12(15)17)8-18-10-6-4-3-5-9(10)13/h3-6H,2,7-8H2,1H3,(H,14,17). The van der Waals surface area contributed by atoms with E-state index in [9.17, 15) is 9.59 Å². The third-order valence-corrected chi connectivity index (χ3v) is 3.41. The maximum absolute atomic E-state index is 12.5. The van der Waals surface area contributed by atoms with E-state index in [2.05, 4.69) is 5.32 Å². The number of ether oxygens (including phenoxy) is 1. The number of carbonyl (C=O) groups excluding carboxylic acids is 2. The van der Waals surface area contributed by atoms with Crippen molar-refractivity contribution in [1.29, 1.82) is 0 Å². The SMILES string of the molecule is CCCN1C(=O)NC2(COc3ccccc32)C1=O. The molecule has 94 valence electrons. The van der Waals surface area contributed by atoms with Crippen LogP contribution in [0.5, 0.6) is 5.75 Å². The largest absolute Gasteiger partial charge is 0.490 e. The molecule has 1 unspecified atom stereocenters. The van der Waals surface area contributed by atoms with Gasteiger partial charge < -0.3 is 10.1 Å². The predicted molar refractivity (Wildman–Crippen MR) is 64.2 cm³/mol. The fourth-order valence-corrected chi connectivity index (χ4v) is 2.54. The zero-order valence-corrected chi connectivity index (χ0v) is 10.1. The number of urea groups is 1. The summed E-state index contributed by atoms with van der Waals surface area (Å²) in [7, 11) is 0. The molecule has 0 bridgehead atoms. The molecule has 1 aromatic carbocycles. The molecule has 1 saturated heterocycles. The molecule has 2 heterocycles. The van der Waals surface area contributed by atoms with Crippen molar-refractivity contribution in [1.82, 2.24) is 10.2 Å².